The van der Waals surface area contributed by atoms with Gasteiger partial charge in [-0.2, -0.15) is 0 Å². The van der Waals surface area contributed by atoms with E-state index in [0.717, 1.165) is 0 Å². The Kier molecular flexibility index (Phi) is 2.83. The van der Waals surface area contributed by atoms with E-state index in [9.17, 15) is 14.7 Å². The summed E-state index contributed by atoms with van der Waals surface area (Å²) in [5.74, 6) is -0.237. The van der Waals surface area contributed by atoms with Gasteiger partial charge in [0, 0.05) is 30.1 Å². The molecule has 0 saturated carbocycles. The van der Waals surface area contributed by atoms with Crippen LogP contribution in [-0.2, 0) is 0 Å². The number of carbonyl (C=O) groups is 1. The number of amides is 1. The Labute approximate surface area is 109 Å². The number of rotatable bonds is 1. The molecule has 0 radical (unpaired) electrons. The molecule has 5 nitrogen and oxygen atoms in total. The Balaban J connectivity index is 2.01. The second kappa shape index (κ2) is 4.51. The Morgan fingerprint density at radius 3 is 2.89 bits per heavy atom. The maximum Gasteiger partial charge on any atom is 0.270 e. The van der Waals surface area contributed by atoms with Gasteiger partial charge in [0.15, 0.2) is 5.43 Å². The van der Waals surface area contributed by atoms with Crippen LogP contribution in [0.3, 0.4) is 0 Å². The highest BCUT2D eigenvalue weighted by Crippen LogP contribution is 2.13. The molecule has 0 bridgehead atoms. The topological polar surface area (TPSA) is 73.4 Å². The van der Waals surface area contributed by atoms with Gasteiger partial charge in [0.1, 0.15) is 5.69 Å². The number of pyridine rings is 1. The molecule has 3 rings (SSSR count). The Bertz CT molecular complexity index is 692. The van der Waals surface area contributed by atoms with E-state index in [4.69, 9.17) is 0 Å². The van der Waals surface area contributed by atoms with Gasteiger partial charge in [-0.3, -0.25) is 9.59 Å². The molecule has 1 fully saturated rings. The molecule has 19 heavy (non-hydrogen) atoms. The van der Waals surface area contributed by atoms with Crippen molar-refractivity contribution in [3.63, 3.8) is 0 Å². The lowest BCUT2D eigenvalue weighted by atomic mass is 10.2. The highest BCUT2D eigenvalue weighted by Gasteiger charge is 2.26. The molecule has 2 heterocycles. The van der Waals surface area contributed by atoms with Crippen molar-refractivity contribution in [2.24, 2.45) is 0 Å². The van der Waals surface area contributed by atoms with Crippen LogP contribution in [0.25, 0.3) is 10.9 Å². The summed E-state index contributed by atoms with van der Waals surface area (Å²) in [4.78, 5) is 28.7. The number of fused-ring (bicyclic) bond motifs is 1. The lowest BCUT2D eigenvalue weighted by molar-refractivity contribution is 0.0759. The number of aromatic nitrogens is 1. The third kappa shape index (κ3) is 2.13. The first kappa shape index (κ1) is 11.9. The fraction of sp³-hybridized carbons (Fsp3) is 0.286. The predicted molar refractivity (Wildman–Crippen MR) is 71.1 cm³/mol. The van der Waals surface area contributed by atoms with Crippen LogP contribution in [-0.4, -0.2) is 40.1 Å². The zero-order chi connectivity index (χ0) is 13.4. The number of H-pyrrole nitrogens is 1. The van der Waals surface area contributed by atoms with Crippen molar-refractivity contribution in [1.29, 1.82) is 0 Å². The zero-order valence-electron chi connectivity index (χ0n) is 10.3. The summed E-state index contributed by atoms with van der Waals surface area (Å²) >= 11 is 0. The van der Waals surface area contributed by atoms with E-state index in [1.54, 1.807) is 23.1 Å². The number of carbonyl (C=O) groups excluding carboxylic acids is 1. The smallest absolute Gasteiger partial charge is 0.270 e. The quantitative estimate of drug-likeness (QED) is 0.792. The first-order valence-electron chi connectivity index (χ1n) is 6.24. The van der Waals surface area contributed by atoms with Crippen LogP contribution in [0.5, 0.6) is 0 Å². The summed E-state index contributed by atoms with van der Waals surface area (Å²) in [7, 11) is 0. The van der Waals surface area contributed by atoms with Gasteiger partial charge in [0.05, 0.1) is 6.10 Å². The average molecular weight is 258 g/mol. The first-order chi connectivity index (χ1) is 9.15. The van der Waals surface area contributed by atoms with Gasteiger partial charge in [-0.25, -0.2) is 0 Å². The van der Waals surface area contributed by atoms with Crippen LogP contribution in [0.4, 0.5) is 0 Å². The summed E-state index contributed by atoms with van der Waals surface area (Å²) < 4.78 is 0. The SMILES string of the molecule is O=C(c1cc(=O)c2ccccc2[nH]1)N1CC[C@H](O)C1. The maximum absolute atomic E-state index is 12.2. The number of aromatic amines is 1. The fourth-order valence-corrected chi connectivity index (χ4v) is 2.41. The fourth-order valence-electron chi connectivity index (χ4n) is 2.41. The van der Waals surface area contributed by atoms with Gasteiger partial charge in [0.25, 0.3) is 5.91 Å². The summed E-state index contributed by atoms with van der Waals surface area (Å²) in [6.07, 6.45) is 0.125. The first-order valence-corrected chi connectivity index (χ1v) is 6.24. The van der Waals surface area contributed by atoms with Crippen LogP contribution in [0.2, 0.25) is 0 Å². The highest BCUT2D eigenvalue weighted by atomic mass is 16.3. The van der Waals surface area contributed by atoms with Gasteiger partial charge in [0.2, 0.25) is 0 Å². The third-order valence-corrected chi connectivity index (χ3v) is 3.42. The van der Waals surface area contributed by atoms with Crippen LogP contribution in [0, 0.1) is 0 Å². The summed E-state index contributed by atoms with van der Waals surface area (Å²) in [6.45, 7) is 0.850. The lowest BCUT2D eigenvalue weighted by Gasteiger charge is -2.15. The normalized spacial score (nSPS) is 19.0. The standard InChI is InChI=1S/C14H14N2O3/c17-9-5-6-16(8-9)14(19)12-7-13(18)10-3-1-2-4-11(10)15-12/h1-4,7,9,17H,5-6,8H2,(H,15,18)/t9-/m0/s1. The van der Waals surface area contributed by atoms with E-state index in [1.807, 2.05) is 6.07 Å². The number of para-hydroxylation sites is 1. The molecule has 1 aromatic heterocycles. The van der Waals surface area contributed by atoms with E-state index in [-0.39, 0.29) is 17.0 Å². The number of likely N-dealkylation sites (tertiary alicyclic amines) is 1. The van der Waals surface area contributed by atoms with E-state index in [0.29, 0.717) is 30.4 Å². The van der Waals surface area contributed by atoms with E-state index in [2.05, 4.69) is 4.98 Å². The van der Waals surface area contributed by atoms with E-state index >= 15 is 0 Å². The molecule has 5 heteroatoms. The summed E-state index contributed by atoms with van der Waals surface area (Å²) in [5.41, 5.74) is 0.758. The molecule has 1 aliphatic rings. The molecule has 1 aliphatic heterocycles. The number of nitrogens with one attached hydrogen (secondary N) is 1. The molecule has 2 N–H and O–H groups in total. The van der Waals surface area contributed by atoms with Gasteiger partial charge in [-0.05, 0) is 18.6 Å². The third-order valence-electron chi connectivity index (χ3n) is 3.42. The Morgan fingerprint density at radius 1 is 1.37 bits per heavy atom. The number of benzene rings is 1. The molecule has 1 amide bonds. The number of nitrogens with zero attached hydrogens (tertiary/aromatic N) is 1. The van der Waals surface area contributed by atoms with Crippen molar-refractivity contribution < 1.29 is 9.90 Å². The van der Waals surface area contributed by atoms with Gasteiger partial charge < -0.3 is 15.0 Å². The number of aliphatic hydroxyl groups excluding tert-OH is 1. The van der Waals surface area contributed by atoms with Crippen molar-refractivity contribution in [3.05, 3.63) is 46.2 Å². The minimum absolute atomic E-state index is 0.169. The summed E-state index contributed by atoms with van der Waals surface area (Å²) in [5, 5.41) is 10.0. The monoisotopic (exact) mass is 258 g/mol. The molecular weight excluding hydrogens is 244 g/mol. The highest BCUT2D eigenvalue weighted by molar-refractivity contribution is 5.95. The molecule has 0 unspecified atom stereocenters. The lowest BCUT2D eigenvalue weighted by Crippen LogP contribution is -2.31. The van der Waals surface area contributed by atoms with Crippen molar-refractivity contribution in [2.75, 3.05) is 13.1 Å². The van der Waals surface area contributed by atoms with Crippen LogP contribution < -0.4 is 5.43 Å². The molecule has 0 spiro atoms. The minimum atomic E-state index is -0.462. The summed E-state index contributed by atoms with van der Waals surface area (Å²) in [6, 6.07) is 8.42. The van der Waals surface area contributed by atoms with Crippen LogP contribution >= 0.6 is 0 Å². The second-order valence-corrected chi connectivity index (χ2v) is 4.79. The van der Waals surface area contributed by atoms with E-state index in [1.165, 1.54) is 6.07 Å². The number of hydrogen-bond donors (Lipinski definition) is 2. The molecule has 98 valence electrons. The largest absolute Gasteiger partial charge is 0.391 e. The Hall–Kier alpha value is -2.14. The average Bonchev–Trinajstić information content (AvgIpc) is 2.84. The molecule has 1 atom stereocenters. The molecule has 1 aromatic carbocycles. The molecule has 2 aromatic rings. The van der Waals surface area contributed by atoms with Crippen molar-refractivity contribution in [3.8, 4) is 0 Å². The second-order valence-electron chi connectivity index (χ2n) is 4.79. The van der Waals surface area contributed by atoms with Gasteiger partial charge in [-0.1, -0.05) is 12.1 Å². The Morgan fingerprint density at radius 2 is 2.16 bits per heavy atom. The maximum atomic E-state index is 12.2. The zero-order valence-corrected chi connectivity index (χ0v) is 10.3. The molecular formula is C14H14N2O3. The van der Waals surface area contributed by atoms with Gasteiger partial charge >= 0.3 is 0 Å². The van der Waals surface area contributed by atoms with E-state index < -0.39 is 6.10 Å². The van der Waals surface area contributed by atoms with Crippen molar-refractivity contribution in [2.45, 2.75) is 12.5 Å². The minimum Gasteiger partial charge on any atom is -0.391 e. The van der Waals surface area contributed by atoms with Gasteiger partial charge in [-0.15, -0.1) is 0 Å². The predicted octanol–water partition coefficient (Wildman–Crippen LogP) is 0.735. The van der Waals surface area contributed by atoms with Crippen molar-refractivity contribution in [1.82, 2.24) is 9.88 Å². The number of aliphatic hydroxyl groups is 1. The number of β-amino-alcohol motifs (C(OH)–C–C–N with tert-alkyl or cyclic N) is 1. The number of hydrogen-bond acceptors (Lipinski definition) is 3. The van der Waals surface area contributed by atoms with Crippen LogP contribution in [0.15, 0.2) is 35.1 Å². The van der Waals surface area contributed by atoms with Crippen molar-refractivity contribution >= 4 is 16.8 Å². The van der Waals surface area contributed by atoms with Crippen LogP contribution in [0.1, 0.15) is 16.9 Å². The molecule has 0 aliphatic carbocycles. The molecule has 1 saturated heterocycles.